The lowest BCUT2D eigenvalue weighted by Crippen LogP contribution is -2.17. The monoisotopic (exact) mass is 446 g/mol. The summed E-state index contributed by atoms with van der Waals surface area (Å²) in [6.45, 7) is 2.00. The zero-order chi connectivity index (χ0) is 23.5. The van der Waals surface area contributed by atoms with Crippen LogP contribution in [0, 0.1) is 0 Å². The molecule has 172 valence electrons. The summed E-state index contributed by atoms with van der Waals surface area (Å²) in [5, 5.41) is 7.68. The van der Waals surface area contributed by atoms with E-state index in [0.717, 1.165) is 42.0 Å². The van der Waals surface area contributed by atoms with Gasteiger partial charge in [0.1, 0.15) is 0 Å². The van der Waals surface area contributed by atoms with Crippen LogP contribution in [-0.2, 0) is 9.53 Å². The number of carbonyl (C=O) groups is 3. The molecule has 3 rings (SSSR count). The van der Waals surface area contributed by atoms with Gasteiger partial charge < -0.3 is 10.1 Å². The second-order valence-corrected chi connectivity index (χ2v) is 7.84. The first-order valence-electron chi connectivity index (χ1n) is 11.4. The van der Waals surface area contributed by atoms with Crippen molar-refractivity contribution >= 4 is 39.9 Å². The zero-order valence-corrected chi connectivity index (χ0v) is 18.9. The van der Waals surface area contributed by atoms with Gasteiger partial charge in [-0.25, -0.2) is 4.79 Å². The summed E-state index contributed by atoms with van der Waals surface area (Å²) < 4.78 is 4.89. The van der Waals surface area contributed by atoms with E-state index < -0.39 is 6.09 Å². The third-order valence-corrected chi connectivity index (χ3v) is 5.34. The Morgan fingerprint density at radius 3 is 2.09 bits per heavy atom. The number of Topliss-reactive ketones (excluding diaryl/α,β-unsaturated/α-hetero) is 1. The van der Waals surface area contributed by atoms with Crippen molar-refractivity contribution < 1.29 is 19.1 Å². The van der Waals surface area contributed by atoms with Gasteiger partial charge >= 0.3 is 6.09 Å². The number of amides is 2. The predicted octanol–water partition coefficient (Wildman–Crippen LogP) is 6.57. The third kappa shape index (κ3) is 7.45. The van der Waals surface area contributed by atoms with Crippen LogP contribution in [0.25, 0.3) is 10.8 Å². The van der Waals surface area contributed by atoms with E-state index in [2.05, 4.69) is 10.6 Å². The Hall–Kier alpha value is -3.67. The number of carbonyl (C=O) groups excluding carboxylic acids is 3. The lowest BCUT2D eigenvalue weighted by atomic mass is 10.0. The molecule has 0 heterocycles. The number of ketones is 1. The molecular weight excluding hydrogens is 416 g/mol. The first kappa shape index (κ1) is 24.0. The van der Waals surface area contributed by atoms with Crippen LogP contribution >= 0.6 is 0 Å². The molecule has 0 atom stereocenters. The van der Waals surface area contributed by atoms with E-state index in [0.29, 0.717) is 24.2 Å². The molecule has 0 aliphatic carbocycles. The highest BCUT2D eigenvalue weighted by Crippen LogP contribution is 2.22. The van der Waals surface area contributed by atoms with Crippen LogP contribution in [0.15, 0.2) is 66.7 Å². The molecule has 0 spiro atoms. The van der Waals surface area contributed by atoms with Crippen LogP contribution in [0.4, 0.5) is 16.2 Å². The summed E-state index contributed by atoms with van der Waals surface area (Å²) in [5.41, 5.74) is 1.79. The Bertz CT molecular complexity index is 1110. The number of hydrogen-bond donors (Lipinski definition) is 2. The van der Waals surface area contributed by atoms with Crippen molar-refractivity contribution in [3.05, 3.63) is 72.3 Å². The molecule has 6 nitrogen and oxygen atoms in total. The number of anilines is 2. The minimum Gasteiger partial charge on any atom is -0.450 e. The van der Waals surface area contributed by atoms with Gasteiger partial charge in [0.15, 0.2) is 5.78 Å². The summed E-state index contributed by atoms with van der Waals surface area (Å²) >= 11 is 0. The smallest absolute Gasteiger partial charge is 0.411 e. The lowest BCUT2D eigenvalue weighted by molar-refractivity contribution is -0.116. The van der Waals surface area contributed by atoms with Crippen LogP contribution in [0.3, 0.4) is 0 Å². The van der Waals surface area contributed by atoms with Gasteiger partial charge in [-0.05, 0) is 48.7 Å². The Labute approximate surface area is 194 Å². The number of para-hydroxylation sites is 2. The molecular formula is C27H30N2O4. The molecule has 3 aromatic carbocycles. The maximum Gasteiger partial charge on any atom is 0.411 e. The maximum absolute atomic E-state index is 12.5. The lowest BCUT2D eigenvalue weighted by Gasteiger charge is -2.12. The van der Waals surface area contributed by atoms with Crippen molar-refractivity contribution in [2.75, 3.05) is 17.2 Å². The summed E-state index contributed by atoms with van der Waals surface area (Å²) in [6.07, 6.45) is 3.65. The fourth-order valence-electron chi connectivity index (χ4n) is 3.62. The van der Waals surface area contributed by atoms with Gasteiger partial charge in [-0.15, -0.1) is 0 Å². The van der Waals surface area contributed by atoms with Gasteiger partial charge in [-0.3, -0.25) is 14.9 Å². The molecule has 0 radical (unpaired) electrons. The molecule has 0 bridgehead atoms. The van der Waals surface area contributed by atoms with Crippen molar-refractivity contribution in [1.29, 1.82) is 0 Å². The second-order valence-electron chi connectivity index (χ2n) is 7.84. The number of benzene rings is 3. The molecule has 0 aliphatic rings. The Morgan fingerprint density at radius 2 is 1.36 bits per heavy atom. The molecule has 33 heavy (non-hydrogen) atoms. The largest absolute Gasteiger partial charge is 0.450 e. The number of rotatable bonds is 11. The van der Waals surface area contributed by atoms with Crippen molar-refractivity contribution in [1.82, 2.24) is 0 Å². The third-order valence-electron chi connectivity index (χ3n) is 5.34. The van der Waals surface area contributed by atoms with Crippen LogP contribution in [0.5, 0.6) is 0 Å². The first-order chi connectivity index (χ1) is 16.1. The van der Waals surface area contributed by atoms with E-state index in [1.165, 1.54) is 0 Å². The van der Waals surface area contributed by atoms with Crippen LogP contribution in [-0.4, -0.2) is 24.4 Å². The standard InChI is InChI=1S/C27H30N2O4/c1-2-33-27(32)29-24-14-10-9-13-23(24)28-26(31)16-6-4-3-5-15-25(30)22-18-17-20-11-7-8-12-21(20)19-22/h7-14,17-19H,2-6,15-16H2,1H3,(H,28,31)(H,29,32). The average Bonchev–Trinajstić information content (AvgIpc) is 2.82. The highest BCUT2D eigenvalue weighted by molar-refractivity contribution is 6.00. The van der Waals surface area contributed by atoms with Crippen LogP contribution in [0.2, 0.25) is 0 Å². The molecule has 0 saturated carbocycles. The molecule has 3 aromatic rings. The molecule has 0 aromatic heterocycles. The van der Waals surface area contributed by atoms with E-state index in [9.17, 15) is 14.4 Å². The van der Waals surface area contributed by atoms with E-state index >= 15 is 0 Å². The van der Waals surface area contributed by atoms with Gasteiger partial charge in [0.05, 0.1) is 18.0 Å². The highest BCUT2D eigenvalue weighted by atomic mass is 16.5. The molecule has 0 aliphatic heterocycles. The van der Waals surface area contributed by atoms with Gasteiger partial charge in [0.25, 0.3) is 0 Å². The van der Waals surface area contributed by atoms with Crippen LogP contribution < -0.4 is 10.6 Å². The fraction of sp³-hybridized carbons (Fsp3) is 0.296. The van der Waals surface area contributed by atoms with Crippen molar-refractivity contribution in [2.45, 2.75) is 45.4 Å². The van der Waals surface area contributed by atoms with E-state index in [-0.39, 0.29) is 18.3 Å². The summed E-state index contributed by atoms with van der Waals surface area (Å²) in [6, 6.07) is 20.9. The number of ether oxygens (including phenoxy) is 1. The molecule has 0 saturated heterocycles. The molecule has 2 amide bonds. The summed E-state index contributed by atoms with van der Waals surface area (Å²) in [4.78, 5) is 36.4. The van der Waals surface area contributed by atoms with Gasteiger partial charge in [-0.2, -0.15) is 0 Å². The number of nitrogens with one attached hydrogen (secondary N) is 2. The van der Waals surface area contributed by atoms with E-state index in [1.807, 2.05) is 42.5 Å². The normalized spacial score (nSPS) is 10.6. The number of hydrogen-bond acceptors (Lipinski definition) is 4. The number of fused-ring (bicyclic) bond motifs is 1. The predicted molar refractivity (Wildman–Crippen MR) is 132 cm³/mol. The minimum atomic E-state index is -0.558. The molecule has 6 heteroatoms. The second kappa shape index (κ2) is 12.4. The average molecular weight is 447 g/mol. The molecule has 2 N–H and O–H groups in total. The van der Waals surface area contributed by atoms with Crippen molar-refractivity contribution in [2.24, 2.45) is 0 Å². The summed E-state index contributed by atoms with van der Waals surface area (Å²) in [7, 11) is 0. The minimum absolute atomic E-state index is 0.111. The Balaban J connectivity index is 1.36. The SMILES string of the molecule is CCOC(=O)Nc1ccccc1NC(=O)CCCCCCC(=O)c1ccc2ccccc2c1. The fourth-order valence-corrected chi connectivity index (χ4v) is 3.62. The molecule has 0 unspecified atom stereocenters. The number of unbranched alkanes of at least 4 members (excludes halogenated alkanes) is 3. The zero-order valence-electron chi connectivity index (χ0n) is 18.9. The van der Waals surface area contributed by atoms with Gasteiger partial charge in [0, 0.05) is 18.4 Å². The highest BCUT2D eigenvalue weighted by Gasteiger charge is 2.10. The Kier molecular flexibility index (Phi) is 9.00. The van der Waals surface area contributed by atoms with Crippen molar-refractivity contribution in [3.63, 3.8) is 0 Å². The summed E-state index contributed by atoms with van der Waals surface area (Å²) in [5.74, 6) is 0.0459. The van der Waals surface area contributed by atoms with E-state index in [1.54, 1.807) is 31.2 Å². The first-order valence-corrected chi connectivity index (χ1v) is 11.4. The maximum atomic E-state index is 12.5. The van der Waals surface area contributed by atoms with Crippen LogP contribution in [0.1, 0.15) is 55.8 Å². The van der Waals surface area contributed by atoms with Gasteiger partial charge in [-0.1, -0.05) is 61.4 Å². The Morgan fingerprint density at radius 1 is 0.727 bits per heavy atom. The van der Waals surface area contributed by atoms with Crippen molar-refractivity contribution in [3.8, 4) is 0 Å². The van der Waals surface area contributed by atoms with E-state index in [4.69, 9.17) is 4.74 Å². The van der Waals surface area contributed by atoms with Gasteiger partial charge in [0.2, 0.25) is 5.91 Å². The molecule has 0 fully saturated rings. The topological polar surface area (TPSA) is 84.5 Å². The quantitative estimate of drug-likeness (QED) is 0.258.